The van der Waals surface area contributed by atoms with Crippen LogP contribution in [0.3, 0.4) is 0 Å². The van der Waals surface area contributed by atoms with Gasteiger partial charge in [-0.1, -0.05) is 35.5 Å². The Bertz CT molecular complexity index is 1330. The number of carbonyl (C=O) groups excluding carboxylic acids is 1. The van der Waals surface area contributed by atoms with Crippen LogP contribution in [0.25, 0.3) is 22.5 Å². The van der Waals surface area contributed by atoms with Crippen molar-refractivity contribution >= 4 is 11.6 Å². The Labute approximate surface area is 191 Å². The lowest BCUT2D eigenvalue weighted by molar-refractivity contribution is -0.116. The number of anilines is 1. The maximum absolute atomic E-state index is 12.5. The van der Waals surface area contributed by atoms with Crippen molar-refractivity contribution in [2.45, 2.75) is 19.3 Å². The Morgan fingerprint density at radius 3 is 2.64 bits per heavy atom. The van der Waals surface area contributed by atoms with Gasteiger partial charge in [0, 0.05) is 24.1 Å². The summed E-state index contributed by atoms with van der Waals surface area (Å²) in [5, 5.41) is 7.00. The molecule has 4 aromatic rings. The highest BCUT2D eigenvalue weighted by Crippen LogP contribution is 2.37. The number of ether oxygens (including phenoxy) is 2. The molecule has 0 saturated carbocycles. The molecule has 1 amide bonds. The molecule has 0 unspecified atom stereocenters. The molecule has 0 radical (unpaired) electrons. The van der Waals surface area contributed by atoms with Crippen LogP contribution in [0.2, 0.25) is 0 Å². The van der Waals surface area contributed by atoms with Gasteiger partial charge in [-0.3, -0.25) is 4.79 Å². The molecule has 7 heteroatoms. The maximum Gasteiger partial charge on any atom is 0.227 e. The predicted octanol–water partition coefficient (Wildman–Crippen LogP) is 4.90. The molecule has 0 aliphatic heterocycles. The van der Waals surface area contributed by atoms with E-state index >= 15 is 0 Å². The van der Waals surface area contributed by atoms with E-state index in [1.807, 2.05) is 12.1 Å². The first kappa shape index (κ1) is 20.8. The van der Waals surface area contributed by atoms with E-state index in [4.69, 9.17) is 14.0 Å². The van der Waals surface area contributed by atoms with Gasteiger partial charge in [-0.15, -0.1) is 0 Å². The van der Waals surface area contributed by atoms with E-state index in [1.165, 1.54) is 22.3 Å². The van der Waals surface area contributed by atoms with Crippen LogP contribution in [-0.2, 0) is 17.6 Å². The minimum absolute atomic E-state index is 0.101. The van der Waals surface area contributed by atoms with Gasteiger partial charge in [0.1, 0.15) is 0 Å². The van der Waals surface area contributed by atoms with Crippen LogP contribution in [0.1, 0.15) is 23.4 Å². The number of aromatic nitrogens is 2. The van der Waals surface area contributed by atoms with E-state index in [-0.39, 0.29) is 12.3 Å². The summed E-state index contributed by atoms with van der Waals surface area (Å²) in [5.41, 5.74) is 6.58. The number of hydrogen-bond acceptors (Lipinski definition) is 6. The number of benzene rings is 3. The average Bonchev–Trinajstić information content (AvgIpc) is 3.46. The smallest absolute Gasteiger partial charge is 0.227 e. The number of nitrogens with one attached hydrogen (secondary N) is 1. The Morgan fingerprint density at radius 1 is 0.970 bits per heavy atom. The second-order valence-corrected chi connectivity index (χ2v) is 7.84. The normalized spacial score (nSPS) is 11.6. The molecule has 1 aromatic heterocycles. The first-order chi connectivity index (χ1) is 16.1. The highest BCUT2D eigenvalue weighted by atomic mass is 16.5. The number of aryl methyl sites for hydroxylation is 1. The molecular formula is C26H23N3O4. The second-order valence-electron chi connectivity index (χ2n) is 7.84. The number of amides is 1. The van der Waals surface area contributed by atoms with Gasteiger partial charge >= 0.3 is 0 Å². The van der Waals surface area contributed by atoms with Crippen LogP contribution < -0.4 is 14.8 Å². The summed E-state index contributed by atoms with van der Waals surface area (Å²) < 4.78 is 15.9. The van der Waals surface area contributed by atoms with Crippen molar-refractivity contribution in [3.63, 3.8) is 0 Å². The largest absolute Gasteiger partial charge is 0.493 e. The Morgan fingerprint density at radius 2 is 1.79 bits per heavy atom. The lowest BCUT2D eigenvalue weighted by Crippen LogP contribution is -2.12. The SMILES string of the molecule is COc1ccc(-c2noc(CCC(=O)Nc3ccc4c(c3)Cc3ccccc3-4)n2)cc1OC. The Hall–Kier alpha value is -4.13. The van der Waals surface area contributed by atoms with Crippen LogP contribution in [0.5, 0.6) is 11.5 Å². The summed E-state index contributed by atoms with van der Waals surface area (Å²) in [4.78, 5) is 16.9. The number of nitrogens with zero attached hydrogens (tertiary/aromatic N) is 2. The second kappa shape index (κ2) is 8.78. The zero-order valence-electron chi connectivity index (χ0n) is 18.4. The lowest BCUT2D eigenvalue weighted by atomic mass is 10.1. The van der Waals surface area contributed by atoms with Gasteiger partial charge in [-0.25, -0.2) is 0 Å². The standard InChI is InChI=1S/C26H23N3O4/c1-31-22-10-7-17(15-23(22)32-2)26-28-25(33-29-26)12-11-24(30)27-19-8-9-21-18(14-19)13-16-5-3-4-6-20(16)21/h3-10,14-15H,11-13H2,1-2H3,(H,27,30). The van der Waals surface area contributed by atoms with Crippen molar-refractivity contribution in [2.75, 3.05) is 19.5 Å². The molecule has 0 spiro atoms. The molecule has 1 N–H and O–H groups in total. The molecule has 0 saturated heterocycles. The quantitative estimate of drug-likeness (QED) is 0.387. The summed E-state index contributed by atoms with van der Waals surface area (Å²) in [6.45, 7) is 0. The third kappa shape index (κ3) is 4.17. The third-order valence-corrected chi connectivity index (χ3v) is 5.75. The Kier molecular flexibility index (Phi) is 5.52. The van der Waals surface area contributed by atoms with Crippen LogP contribution in [0, 0.1) is 0 Å². The first-order valence-electron chi connectivity index (χ1n) is 10.7. The summed E-state index contributed by atoms with van der Waals surface area (Å²) in [6.07, 6.45) is 1.48. The van der Waals surface area contributed by atoms with Gasteiger partial charge in [0.25, 0.3) is 0 Å². The van der Waals surface area contributed by atoms with Crippen molar-refractivity contribution in [3.8, 4) is 34.0 Å². The molecule has 33 heavy (non-hydrogen) atoms. The number of rotatable bonds is 7. The highest BCUT2D eigenvalue weighted by Gasteiger charge is 2.18. The molecule has 3 aromatic carbocycles. The first-order valence-corrected chi connectivity index (χ1v) is 10.7. The number of fused-ring (bicyclic) bond motifs is 3. The van der Waals surface area contributed by atoms with Crippen molar-refractivity contribution in [2.24, 2.45) is 0 Å². The minimum Gasteiger partial charge on any atom is -0.493 e. The zero-order valence-corrected chi connectivity index (χ0v) is 18.4. The molecule has 0 fully saturated rings. The molecule has 166 valence electrons. The van der Waals surface area contributed by atoms with Crippen molar-refractivity contribution in [1.82, 2.24) is 10.1 Å². The topological polar surface area (TPSA) is 86.5 Å². The lowest BCUT2D eigenvalue weighted by Gasteiger charge is -2.07. The van der Waals surface area contributed by atoms with Gasteiger partial charge in [-0.05, 0) is 59.0 Å². The van der Waals surface area contributed by atoms with Crippen LogP contribution in [0.4, 0.5) is 5.69 Å². The van der Waals surface area contributed by atoms with Crippen molar-refractivity contribution < 1.29 is 18.8 Å². The molecule has 0 bridgehead atoms. The van der Waals surface area contributed by atoms with E-state index in [0.717, 1.165) is 17.7 Å². The fourth-order valence-electron chi connectivity index (χ4n) is 4.12. The predicted molar refractivity (Wildman–Crippen MR) is 124 cm³/mol. The van der Waals surface area contributed by atoms with Crippen LogP contribution >= 0.6 is 0 Å². The average molecular weight is 441 g/mol. The fourth-order valence-corrected chi connectivity index (χ4v) is 4.12. The van der Waals surface area contributed by atoms with Gasteiger partial charge in [-0.2, -0.15) is 4.98 Å². The van der Waals surface area contributed by atoms with Crippen molar-refractivity contribution in [3.05, 3.63) is 77.7 Å². The molecule has 0 atom stereocenters. The van der Waals surface area contributed by atoms with E-state index in [1.54, 1.807) is 26.4 Å². The monoisotopic (exact) mass is 441 g/mol. The maximum atomic E-state index is 12.5. The van der Waals surface area contributed by atoms with E-state index in [0.29, 0.717) is 29.6 Å². The molecule has 1 aliphatic rings. The number of hydrogen-bond donors (Lipinski definition) is 1. The fraction of sp³-hybridized carbons (Fsp3) is 0.192. The van der Waals surface area contributed by atoms with E-state index in [2.05, 4.69) is 51.9 Å². The summed E-state index contributed by atoms with van der Waals surface area (Å²) in [5.74, 6) is 1.94. The van der Waals surface area contributed by atoms with Crippen molar-refractivity contribution in [1.29, 1.82) is 0 Å². The molecule has 7 nitrogen and oxygen atoms in total. The summed E-state index contributed by atoms with van der Waals surface area (Å²) in [6, 6.07) is 19.9. The van der Waals surface area contributed by atoms with E-state index < -0.39 is 0 Å². The van der Waals surface area contributed by atoms with E-state index in [9.17, 15) is 4.79 Å². The zero-order chi connectivity index (χ0) is 22.8. The number of carbonyl (C=O) groups is 1. The molecule has 1 heterocycles. The van der Waals surface area contributed by atoms with Gasteiger partial charge in [0.15, 0.2) is 11.5 Å². The van der Waals surface area contributed by atoms with Crippen LogP contribution in [0.15, 0.2) is 65.2 Å². The number of methoxy groups -OCH3 is 2. The minimum atomic E-state index is -0.101. The molecule has 5 rings (SSSR count). The third-order valence-electron chi connectivity index (χ3n) is 5.75. The van der Waals surface area contributed by atoms with Gasteiger partial charge in [0.05, 0.1) is 14.2 Å². The summed E-state index contributed by atoms with van der Waals surface area (Å²) >= 11 is 0. The van der Waals surface area contributed by atoms with Crippen LogP contribution in [-0.4, -0.2) is 30.3 Å². The van der Waals surface area contributed by atoms with Gasteiger partial charge < -0.3 is 19.3 Å². The summed E-state index contributed by atoms with van der Waals surface area (Å²) in [7, 11) is 3.15. The highest BCUT2D eigenvalue weighted by molar-refractivity contribution is 5.92. The van der Waals surface area contributed by atoms with Gasteiger partial charge in [0.2, 0.25) is 17.6 Å². The Balaban J connectivity index is 1.20. The molecular weight excluding hydrogens is 418 g/mol. The molecule has 1 aliphatic carbocycles.